The van der Waals surface area contributed by atoms with Crippen LogP contribution in [0.5, 0.6) is 0 Å². The van der Waals surface area contributed by atoms with E-state index in [0.717, 1.165) is 0 Å². The summed E-state index contributed by atoms with van der Waals surface area (Å²) in [5.74, 6) is -2.40. The van der Waals surface area contributed by atoms with E-state index < -0.39 is 35.9 Å². The Morgan fingerprint density at radius 3 is 2.00 bits per heavy atom. The highest BCUT2D eigenvalue weighted by Gasteiger charge is 2.28. The zero-order valence-electron chi connectivity index (χ0n) is 11.4. The largest absolute Gasteiger partial charge is 0.480 e. The van der Waals surface area contributed by atoms with Gasteiger partial charge in [0, 0.05) is 11.5 Å². The van der Waals surface area contributed by atoms with Crippen LogP contribution in [0.1, 0.15) is 13.8 Å². The maximum Gasteiger partial charge on any atom is 0.326 e. The lowest BCUT2D eigenvalue weighted by molar-refractivity contribution is -0.143. The van der Waals surface area contributed by atoms with Crippen LogP contribution >= 0.6 is 25.3 Å². The number of carboxylic acid groups (broad SMARTS) is 1. The number of carboxylic acids is 1. The van der Waals surface area contributed by atoms with E-state index in [2.05, 4.69) is 35.9 Å². The van der Waals surface area contributed by atoms with Gasteiger partial charge in [0.1, 0.15) is 12.1 Å². The van der Waals surface area contributed by atoms with Gasteiger partial charge in [0.25, 0.3) is 0 Å². The average molecular weight is 323 g/mol. The molecule has 116 valence electrons. The van der Waals surface area contributed by atoms with Crippen molar-refractivity contribution in [2.24, 2.45) is 11.7 Å². The quantitative estimate of drug-likeness (QED) is 0.316. The van der Waals surface area contributed by atoms with E-state index in [-0.39, 0.29) is 17.4 Å². The van der Waals surface area contributed by atoms with Gasteiger partial charge in [-0.2, -0.15) is 25.3 Å². The summed E-state index contributed by atoms with van der Waals surface area (Å²) >= 11 is 7.85. The van der Waals surface area contributed by atoms with Gasteiger partial charge in [-0.1, -0.05) is 13.8 Å². The Morgan fingerprint density at radius 2 is 1.65 bits per heavy atom. The van der Waals surface area contributed by atoms with E-state index in [1.165, 1.54) is 0 Å². The van der Waals surface area contributed by atoms with E-state index in [9.17, 15) is 14.4 Å². The number of carbonyl (C=O) groups excluding carboxylic acids is 2. The maximum absolute atomic E-state index is 11.9. The highest BCUT2D eigenvalue weighted by Crippen LogP contribution is 2.03. The third-order valence-electron chi connectivity index (χ3n) is 2.58. The SMILES string of the molecule is CC(C)[C@H](NC(=O)[C@H](CS)NC(=O)[C@@H](N)CS)C(=O)O. The summed E-state index contributed by atoms with van der Waals surface area (Å²) in [4.78, 5) is 34.5. The fourth-order valence-electron chi connectivity index (χ4n) is 1.32. The summed E-state index contributed by atoms with van der Waals surface area (Å²) in [5, 5.41) is 13.8. The van der Waals surface area contributed by atoms with Crippen LogP contribution in [0.4, 0.5) is 0 Å². The molecule has 3 atom stereocenters. The minimum Gasteiger partial charge on any atom is -0.480 e. The van der Waals surface area contributed by atoms with Crippen molar-refractivity contribution in [3.63, 3.8) is 0 Å². The molecule has 7 nitrogen and oxygen atoms in total. The smallest absolute Gasteiger partial charge is 0.326 e. The summed E-state index contributed by atoms with van der Waals surface area (Å²) in [5.41, 5.74) is 5.48. The molecule has 0 heterocycles. The molecule has 0 unspecified atom stereocenters. The van der Waals surface area contributed by atoms with Crippen LogP contribution in [0.2, 0.25) is 0 Å². The van der Waals surface area contributed by atoms with Gasteiger partial charge in [-0.3, -0.25) is 9.59 Å². The average Bonchev–Trinajstić information content (AvgIpc) is 2.39. The zero-order chi connectivity index (χ0) is 15.9. The van der Waals surface area contributed by atoms with Crippen LogP contribution in [-0.2, 0) is 14.4 Å². The molecular formula is C11H21N3O4S2. The first-order valence-electron chi connectivity index (χ1n) is 6.05. The number of carbonyl (C=O) groups is 3. The van der Waals surface area contributed by atoms with Crippen molar-refractivity contribution in [1.82, 2.24) is 10.6 Å². The maximum atomic E-state index is 11.9. The molecule has 0 aliphatic heterocycles. The van der Waals surface area contributed by atoms with E-state index in [0.29, 0.717) is 0 Å². The number of aliphatic carboxylic acids is 1. The van der Waals surface area contributed by atoms with Gasteiger partial charge >= 0.3 is 5.97 Å². The predicted octanol–water partition coefficient (Wildman–Crippen LogP) is -1.12. The number of rotatable bonds is 8. The highest BCUT2D eigenvalue weighted by molar-refractivity contribution is 7.80. The van der Waals surface area contributed by atoms with Crippen molar-refractivity contribution >= 4 is 43.0 Å². The molecule has 0 aliphatic carbocycles. The minimum absolute atomic E-state index is 0.0291. The number of hydrogen-bond acceptors (Lipinski definition) is 6. The van der Waals surface area contributed by atoms with E-state index in [1.54, 1.807) is 13.8 Å². The van der Waals surface area contributed by atoms with Crippen molar-refractivity contribution < 1.29 is 19.5 Å². The molecule has 0 radical (unpaired) electrons. The zero-order valence-corrected chi connectivity index (χ0v) is 13.2. The Bertz CT molecular complexity index is 366. The molecule has 2 amide bonds. The summed E-state index contributed by atoms with van der Waals surface area (Å²) < 4.78 is 0. The second-order valence-corrected chi connectivity index (χ2v) is 5.33. The molecule has 0 saturated carbocycles. The van der Waals surface area contributed by atoms with Crippen LogP contribution in [-0.4, -0.2) is 52.5 Å². The molecule has 0 rings (SSSR count). The third kappa shape index (κ3) is 6.02. The van der Waals surface area contributed by atoms with Gasteiger partial charge in [0.05, 0.1) is 6.04 Å². The fraction of sp³-hybridized carbons (Fsp3) is 0.727. The van der Waals surface area contributed by atoms with Crippen molar-refractivity contribution in [1.29, 1.82) is 0 Å². The lowest BCUT2D eigenvalue weighted by atomic mass is 10.0. The molecule has 0 aliphatic rings. The third-order valence-corrected chi connectivity index (χ3v) is 3.34. The number of thiol groups is 2. The van der Waals surface area contributed by atoms with Gasteiger partial charge < -0.3 is 21.5 Å². The van der Waals surface area contributed by atoms with E-state index in [4.69, 9.17) is 10.8 Å². The first-order chi connectivity index (χ1) is 9.24. The molecule has 0 fully saturated rings. The fourth-order valence-corrected chi connectivity index (χ4v) is 1.75. The summed E-state index contributed by atoms with van der Waals surface area (Å²) in [6.45, 7) is 3.34. The van der Waals surface area contributed by atoms with Crippen molar-refractivity contribution in [3.8, 4) is 0 Å². The number of amides is 2. The molecule has 0 bridgehead atoms. The van der Waals surface area contributed by atoms with E-state index >= 15 is 0 Å². The molecule has 9 heteroatoms. The van der Waals surface area contributed by atoms with Gasteiger partial charge in [0.2, 0.25) is 11.8 Å². The van der Waals surface area contributed by atoms with Gasteiger partial charge in [0.15, 0.2) is 0 Å². The molecule has 0 aromatic carbocycles. The second kappa shape index (κ2) is 9.09. The molecule has 0 aromatic heterocycles. The molecule has 0 saturated heterocycles. The number of hydrogen-bond donors (Lipinski definition) is 6. The first kappa shape index (κ1) is 19.1. The molecule has 0 spiro atoms. The van der Waals surface area contributed by atoms with Gasteiger partial charge in [-0.25, -0.2) is 4.79 Å². The standard InChI is InChI=1S/C11H21N3O4S2/c1-5(2)8(11(17)18)14-10(16)7(4-20)13-9(15)6(12)3-19/h5-8,19-20H,3-4,12H2,1-2H3,(H,13,15)(H,14,16)(H,17,18)/t6-,7-,8-/m0/s1. The van der Waals surface area contributed by atoms with E-state index in [1.807, 2.05) is 0 Å². The Labute approximate surface area is 128 Å². The normalized spacial score (nSPS) is 15.3. The minimum atomic E-state index is -1.13. The molecular weight excluding hydrogens is 302 g/mol. The Morgan fingerprint density at radius 1 is 1.10 bits per heavy atom. The van der Waals surface area contributed by atoms with Gasteiger partial charge in [-0.15, -0.1) is 0 Å². The predicted molar refractivity (Wildman–Crippen MR) is 82.0 cm³/mol. The summed E-state index contributed by atoms with van der Waals surface area (Å²) in [7, 11) is 0. The topological polar surface area (TPSA) is 122 Å². The molecule has 0 aromatic rings. The lowest BCUT2D eigenvalue weighted by Gasteiger charge is -2.23. The summed E-state index contributed by atoms with van der Waals surface area (Å²) in [6.07, 6.45) is 0. The van der Waals surface area contributed by atoms with Crippen LogP contribution in [0, 0.1) is 5.92 Å². The molecule has 20 heavy (non-hydrogen) atoms. The van der Waals surface area contributed by atoms with Crippen LogP contribution in [0.25, 0.3) is 0 Å². The lowest BCUT2D eigenvalue weighted by Crippen LogP contribution is -2.56. The highest BCUT2D eigenvalue weighted by atomic mass is 32.1. The Hall–Kier alpha value is -0.930. The van der Waals surface area contributed by atoms with Crippen LogP contribution in [0.3, 0.4) is 0 Å². The second-order valence-electron chi connectivity index (χ2n) is 4.60. The van der Waals surface area contributed by atoms with Crippen LogP contribution < -0.4 is 16.4 Å². The Balaban J connectivity index is 4.70. The van der Waals surface area contributed by atoms with Crippen LogP contribution in [0.15, 0.2) is 0 Å². The van der Waals surface area contributed by atoms with Gasteiger partial charge in [-0.05, 0) is 5.92 Å². The Kier molecular flexibility index (Phi) is 8.67. The van der Waals surface area contributed by atoms with Crippen molar-refractivity contribution in [3.05, 3.63) is 0 Å². The number of nitrogens with one attached hydrogen (secondary N) is 2. The summed E-state index contributed by atoms with van der Waals surface area (Å²) in [6, 6.07) is -2.81. The number of nitrogens with two attached hydrogens (primary N) is 1. The molecule has 5 N–H and O–H groups in total. The van der Waals surface area contributed by atoms with Crippen molar-refractivity contribution in [2.45, 2.75) is 32.0 Å². The van der Waals surface area contributed by atoms with Crippen molar-refractivity contribution in [2.75, 3.05) is 11.5 Å². The monoisotopic (exact) mass is 323 g/mol. The first-order valence-corrected chi connectivity index (χ1v) is 7.31.